The van der Waals surface area contributed by atoms with Crippen molar-refractivity contribution < 1.29 is 9.53 Å². The van der Waals surface area contributed by atoms with Gasteiger partial charge in [-0.3, -0.25) is 0 Å². The van der Waals surface area contributed by atoms with Crippen LogP contribution in [0, 0.1) is 0 Å². The van der Waals surface area contributed by atoms with Gasteiger partial charge in [0.25, 0.3) is 0 Å². The molecule has 6 heteroatoms. The number of aromatic nitrogens is 3. The molecular formula is C14H11N3O2S. The maximum atomic E-state index is 11.3. The van der Waals surface area contributed by atoms with Gasteiger partial charge in [0, 0.05) is 10.9 Å². The van der Waals surface area contributed by atoms with Crippen LogP contribution < -0.4 is 0 Å². The van der Waals surface area contributed by atoms with Gasteiger partial charge in [0.1, 0.15) is 5.03 Å². The summed E-state index contributed by atoms with van der Waals surface area (Å²) in [4.78, 5) is 22.8. The number of benzene rings is 1. The molecule has 3 aromatic rings. The van der Waals surface area contributed by atoms with E-state index in [2.05, 4.69) is 25.8 Å². The molecule has 100 valence electrons. The monoisotopic (exact) mass is 285 g/mol. The number of hydrogen-bond donors (Lipinski definition) is 1. The SMILES string of the molecule is COC(=O)c1cnc(Sc2cc3ccccc3[nH]2)cn1. The molecule has 0 radical (unpaired) electrons. The Kier molecular flexibility index (Phi) is 3.39. The highest BCUT2D eigenvalue weighted by Crippen LogP contribution is 2.27. The van der Waals surface area contributed by atoms with Crippen LogP contribution in [0.5, 0.6) is 0 Å². The molecular weight excluding hydrogens is 274 g/mol. The molecule has 0 unspecified atom stereocenters. The molecule has 0 fully saturated rings. The van der Waals surface area contributed by atoms with Crippen LogP contribution in [0.1, 0.15) is 10.5 Å². The first-order chi connectivity index (χ1) is 9.76. The Hall–Kier alpha value is -2.34. The van der Waals surface area contributed by atoms with Gasteiger partial charge in [0.15, 0.2) is 5.69 Å². The zero-order valence-electron chi connectivity index (χ0n) is 10.7. The molecule has 0 bridgehead atoms. The van der Waals surface area contributed by atoms with Crippen molar-refractivity contribution in [3.8, 4) is 0 Å². The van der Waals surface area contributed by atoms with Gasteiger partial charge >= 0.3 is 5.97 Å². The van der Waals surface area contributed by atoms with Crippen LogP contribution in [0.25, 0.3) is 10.9 Å². The van der Waals surface area contributed by atoms with Crippen LogP contribution in [0.2, 0.25) is 0 Å². The number of para-hydroxylation sites is 1. The summed E-state index contributed by atoms with van der Waals surface area (Å²) in [7, 11) is 1.32. The van der Waals surface area contributed by atoms with Crippen molar-refractivity contribution in [3.05, 3.63) is 48.4 Å². The second-order valence-electron chi connectivity index (χ2n) is 4.05. The number of carbonyl (C=O) groups excluding carboxylic acids is 1. The molecule has 0 aliphatic rings. The van der Waals surface area contributed by atoms with Crippen molar-refractivity contribution in [1.82, 2.24) is 15.0 Å². The quantitative estimate of drug-likeness (QED) is 0.749. The maximum absolute atomic E-state index is 11.3. The van der Waals surface area contributed by atoms with Crippen molar-refractivity contribution in [2.75, 3.05) is 7.11 Å². The third kappa shape index (κ3) is 2.50. The Morgan fingerprint density at radius 1 is 1.25 bits per heavy atom. The number of H-pyrrole nitrogens is 1. The molecule has 0 amide bonds. The number of nitrogens with one attached hydrogen (secondary N) is 1. The zero-order chi connectivity index (χ0) is 13.9. The third-order valence-corrected chi connectivity index (χ3v) is 3.60. The Morgan fingerprint density at radius 2 is 2.10 bits per heavy atom. The van der Waals surface area contributed by atoms with Gasteiger partial charge < -0.3 is 9.72 Å². The van der Waals surface area contributed by atoms with Crippen LogP contribution in [-0.2, 0) is 4.74 Å². The lowest BCUT2D eigenvalue weighted by Gasteiger charge is -1.99. The van der Waals surface area contributed by atoms with Crippen LogP contribution in [0.15, 0.2) is 52.8 Å². The van der Waals surface area contributed by atoms with E-state index in [1.807, 2.05) is 24.3 Å². The molecule has 0 saturated carbocycles. The number of carbonyl (C=O) groups is 1. The van der Waals surface area contributed by atoms with E-state index in [-0.39, 0.29) is 5.69 Å². The van der Waals surface area contributed by atoms with Crippen LogP contribution >= 0.6 is 11.8 Å². The van der Waals surface area contributed by atoms with Crippen LogP contribution in [0.4, 0.5) is 0 Å². The summed E-state index contributed by atoms with van der Waals surface area (Å²) in [5, 5.41) is 2.84. The summed E-state index contributed by atoms with van der Waals surface area (Å²) in [6.07, 6.45) is 2.97. The fourth-order valence-electron chi connectivity index (χ4n) is 1.79. The van der Waals surface area contributed by atoms with Gasteiger partial charge in [-0.1, -0.05) is 30.0 Å². The molecule has 2 heterocycles. The summed E-state index contributed by atoms with van der Waals surface area (Å²) in [5.41, 5.74) is 1.28. The van der Waals surface area contributed by atoms with Gasteiger partial charge in [-0.05, 0) is 12.1 Å². The molecule has 1 aromatic carbocycles. The number of rotatable bonds is 3. The number of esters is 1. The lowest BCUT2D eigenvalue weighted by molar-refractivity contribution is 0.0593. The minimum absolute atomic E-state index is 0.202. The number of nitrogens with zero attached hydrogens (tertiary/aromatic N) is 2. The van der Waals surface area contributed by atoms with E-state index in [9.17, 15) is 4.79 Å². The van der Waals surface area contributed by atoms with E-state index in [1.165, 1.54) is 25.1 Å². The number of aromatic amines is 1. The zero-order valence-corrected chi connectivity index (χ0v) is 11.5. The van der Waals surface area contributed by atoms with E-state index in [0.717, 1.165) is 15.9 Å². The maximum Gasteiger partial charge on any atom is 0.358 e. The fraction of sp³-hybridized carbons (Fsp3) is 0.0714. The number of methoxy groups -OCH3 is 1. The molecule has 5 nitrogen and oxygen atoms in total. The molecule has 0 saturated heterocycles. The smallest absolute Gasteiger partial charge is 0.358 e. The fourth-order valence-corrected chi connectivity index (χ4v) is 2.58. The molecule has 0 aliphatic heterocycles. The Labute approximate surface area is 119 Å². The van der Waals surface area contributed by atoms with Crippen molar-refractivity contribution in [3.63, 3.8) is 0 Å². The predicted molar refractivity (Wildman–Crippen MR) is 75.8 cm³/mol. The van der Waals surface area contributed by atoms with E-state index >= 15 is 0 Å². The van der Waals surface area contributed by atoms with Gasteiger partial charge in [-0.2, -0.15) is 0 Å². The average molecular weight is 285 g/mol. The van der Waals surface area contributed by atoms with Gasteiger partial charge in [0.2, 0.25) is 0 Å². The molecule has 0 atom stereocenters. The molecule has 2 aromatic heterocycles. The van der Waals surface area contributed by atoms with Crippen molar-refractivity contribution >= 4 is 28.6 Å². The second kappa shape index (κ2) is 5.34. The highest BCUT2D eigenvalue weighted by Gasteiger charge is 2.09. The first-order valence-electron chi connectivity index (χ1n) is 5.92. The Bertz CT molecular complexity index is 719. The summed E-state index contributed by atoms with van der Waals surface area (Å²) in [6, 6.07) is 10.1. The lowest BCUT2D eigenvalue weighted by Crippen LogP contribution is -2.04. The summed E-state index contributed by atoms with van der Waals surface area (Å²) in [5.74, 6) is -0.486. The Balaban J connectivity index is 1.82. The first kappa shape index (κ1) is 12.7. The largest absolute Gasteiger partial charge is 0.464 e. The Morgan fingerprint density at radius 3 is 2.80 bits per heavy atom. The molecule has 0 spiro atoms. The third-order valence-electron chi connectivity index (χ3n) is 2.74. The van der Waals surface area contributed by atoms with Gasteiger partial charge in [-0.15, -0.1) is 0 Å². The topological polar surface area (TPSA) is 67.9 Å². The van der Waals surface area contributed by atoms with Crippen molar-refractivity contribution in [1.29, 1.82) is 0 Å². The van der Waals surface area contributed by atoms with Crippen molar-refractivity contribution in [2.45, 2.75) is 10.1 Å². The molecule has 20 heavy (non-hydrogen) atoms. The average Bonchev–Trinajstić information content (AvgIpc) is 2.89. The minimum atomic E-state index is -0.486. The molecule has 1 N–H and O–H groups in total. The van der Waals surface area contributed by atoms with E-state index in [1.54, 1.807) is 6.20 Å². The van der Waals surface area contributed by atoms with Gasteiger partial charge in [0.05, 0.1) is 24.5 Å². The summed E-state index contributed by atoms with van der Waals surface area (Å²) in [6.45, 7) is 0. The number of ether oxygens (including phenoxy) is 1. The first-order valence-corrected chi connectivity index (χ1v) is 6.74. The molecule has 3 rings (SSSR count). The number of hydrogen-bond acceptors (Lipinski definition) is 5. The van der Waals surface area contributed by atoms with Crippen LogP contribution in [0.3, 0.4) is 0 Å². The summed E-state index contributed by atoms with van der Waals surface area (Å²) < 4.78 is 4.58. The lowest BCUT2D eigenvalue weighted by atomic mass is 10.3. The minimum Gasteiger partial charge on any atom is -0.464 e. The predicted octanol–water partition coefficient (Wildman–Crippen LogP) is 2.90. The number of fused-ring (bicyclic) bond motifs is 1. The molecule has 0 aliphatic carbocycles. The summed E-state index contributed by atoms with van der Waals surface area (Å²) >= 11 is 1.46. The van der Waals surface area contributed by atoms with E-state index in [0.29, 0.717) is 5.03 Å². The van der Waals surface area contributed by atoms with Crippen LogP contribution in [-0.4, -0.2) is 28.0 Å². The highest BCUT2D eigenvalue weighted by atomic mass is 32.2. The van der Waals surface area contributed by atoms with Gasteiger partial charge in [-0.25, -0.2) is 14.8 Å². The second-order valence-corrected chi connectivity index (χ2v) is 5.12. The van der Waals surface area contributed by atoms with E-state index < -0.39 is 5.97 Å². The van der Waals surface area contributed by atoms with E-state index in [4.69, 9.17) is 0 Å². The van der Waals surface area contributed by atoms with Crippen molar-refractivity contribution in [2.24, 2.45) is 0 Å². The standard InChI is InChI=1S/C14H11N3O2S/c1-19-14(18)11-7-16-13(8-15-11)20-12-6-9-4-2-3-5-10(9)17-12/h2-8,17H,1H3. The highest BCUT2D eigenvalue weighted by molar-refractivity contribution is 7.99. The normalized spacial score (nSPS) is 10.7.